The second kappa shape index (κ2) is 4.93. The average molecular weight is 272 g/mol. The number of hydrogen-bond acceptors (Lipinski definition) is 4. The lowest BCUT2D eigenvalue weighted by Crippen LogP contribution is -2.12. The van der Waals surface area contributed by atoms with Crippen LogP contribution in [0.4, 0.5) is 0 Å². The molecule has 2 aromatic rings. The van der Waals surface area contributed by atoms with Crippen molar-refractivity contribution in [2.24, 2.45) is 11.5 Å². The van der Waals surface area contributed by atoms with E-state index in [2.05, 4.69) is 0 Å². The highest BCUT2D eigenvalue weighted by Crippen LogP contribution is 2.29. The molecular weight excluding hydrogens is 260 g/mol. The summed E-state index contributed by atoms with van der Waals surface area (Å²) in [5.74, 6) is -1.98. The number of primary amides is 2. The smallest absolute Gasteiger partial charge is 0.252 e. The zero-order valence-electron chi connectivity index (χ0n) is 10.3. The van der Waals surface area contributed by atoms with Crippen molar-refractivity contribution in [1.29, 1.82) is 0 Å². The lowest BCUT2D eigenvalue weighted by molar-refractivity contribution is 0.0988. The minimum absolute atomic E-state index is 0.0313. The van der Waals surface area contributed by atoms with Crippen molar-refractivity contribution in [1.82, 2.24) is 0 Å². The third-order valence-corrected chi connectivity index (χ3v) is 2.86. The van der Waals surface area contributed by atoms with Gasteiger partial charge in [0.2, 0.25) is 0 Å². The molecule has 0 saturated carbocycles. The highest BCUT2D eigenvalue weighted by Gasteiger charge is 2.12. The van der Waals surface area contributed by atoms with Gasteiger partial charge in [-0.05, 0) is 35.4 Å². The maximum Gasteiger partial charge on any atom is 0.252 e. The van der Waals surface area contributed by atoms with Crippen LogP contribution in [0, 0.1) is 0 Å². The third-order valence-electron chi connectivity index (χ3n) is 2.86. The molecule has 6 heteroatoms. The summed E-state index contributed by atoms with van der Waals surface area (Å²) in [7, 11) is 0. The summed E-state index contributed by atoms with van der Waals surface area (Å²) >= 11 is 0. The van der Waals surface area contributed by atoms with Gasteiger partial charge < -0.3 is 21.7 Å². The van der Waals surface area contributed by atoms with Crippen molar-refractivity contribution in [2.75, 3.05) is 0 Å². The summed E-state index contributed by atoms with van der Waals surface area (Å²) < 4.78 is 0. The molecule has 20 heavy (non-hydrogen) atoms. The van der Waals surface area contributed by atoms with E-state index < -0.39 is 11.8 Å². The van der Waals surface area contributed by atoms with E-state index in [4.69, 9.17) is 11.5 Å². The van der Waals surface area contributed by atoms with Crippen molar-refractivity contribution in [3.05, 3.63) is 47.5 Å². The van der Waals surface area contributed by atoms with Gasteiger partial charge in [0, 0.05) is 0 Å². The van der Waals surface area contributed by atoms with Gasteiger partial charge in [0.1, 0.15) is 11.5 Å². The highest BCUT2D eigenvalue weighted by molar-refractivity contribution is 5.98. The van der Waals surface area contributed by atoms with Crippen LogP contribution < -0.4 is 11.5 Å². The van der Waals surface area contributed by atoms with Gasteiger partial charge in [0.05, 0.1) is 11.1 Å². The van der Waals surface area contributed by atoms with Gasteiger partial charge in [-0.3, -0.25) is 9.59 Å². The predicted octanol–water partition coefficient (Wildman–Crippen LogP) is 0.963. The number of carbonyl (C=O) groups excluding carboxylic acids is 2. The lowest BCUT2D eigenvalue weighted by atomic mass is 9.99. The zero-order valence-corrected chi connectivity index (χ0v) is 10.3. The number of benzene rings is 2. The number of nitrogens with two attached hydrogens (primary N) is 2. The van der Waals surface area contributed by atoms with E-state index in [1.807, 2.05) is 0 Å². The van der Waals surface area contributed by atoms with E-state index in [1.54, 1.807) is 12.1 Å². The van der Waals surface area contributed by atoms with Crippen LogP contribution in [0.25, 0.3) is 11.1 Å². The van der Waals surface area contributed by atoms with E-state index in [1.165, 1.54) is 24.3 Å². The minimum atomic E-state index is -0.766. The van der Waals surface area contributed by atoms with Crippen molar-refractivity contribution < 1.29 is 19.8 Å². The third kappa shape index (κ3) is 2.39. The Kier molecular flexibility index (Phi) is 3.30. The van der Waals surface area contributed by atoms with Gasteiger partial charge >= 0.3 is 0 Å². The largest absolute Gasteiger partial charge is 0.507 e. The quantitative estimate of drug-likeness (QED) is 0.663. The minimum Gasteiger partial charge on any atom is -0.507 e. The molecule has 6 N–H and O–H groups in total. The van der Waals surface area contributed by atoms with Crippen molar-refractivity contribution >= 4 is 11.8 Å². The Morgan fingerprint density at radius 3 is 1.40 bits per heavy atom. The Balaban J connectivity index is 2.57. The number of carbonyl (C=O) groups is 2. The number of phenols is 2. The average Bonchev–Trinajstić information content (AvgIpc) is 2.39. The molecule has 0 unspecified atom stereocenters. The van der Waals surface area contributed by atoms with Gasteiger partial charge in [-0.25, -0.2) is 0 Å². The first-order valence-electron chi connectivity index (χ1n) is 5.66. The fourth-order valence-electron chi connectivity index (χ4n) is 1.83. The summed E-state index contributed by atoms with van der Waals surface area (Å²) in [6, 6.07) is 8.56. The second-order valence-corrected chi connectivity index (χ2v) is 4.19. The van der Waals surface area contributed by atoms with Gasteiger partial charge in [-0.1, -0.05) is 12.1 Å². The molecule has 2 amide bonds. The summed E-state index contributed by atoms with van der Waals surface area (Å²) in [6.45, 7) is 0. The van der Waals surface area contributed by atoms with Crippen LogP contribution in [0.3, 0.4) is 0 Å². The molecule has 102 valence electrons. The molecule has 0 heterocycles. The first-order chi connectivity index (χ1) is 9.40. The van der Waals surface area contributed by atoms with Gasteiger partial charge in [0.15, 0.2) is 0 Å². The number of rotatable bonds is 3. The van der Waals surface area contributed by atoms with Crippen LogP contribution in [0.2, 0.25) is 0 Å². The molecule has 2 rings (SSSR count). The maximum absolute atomic E-state index is 11.2. The molecule has 6 nitrogen and oxygen atoms in total. The predicted molar refractivity (Wildman–Crippen MR) is 72.2 cm³/mol. The Labute approximate surface area is 114 Å². The van der Waals surface area contributed by atoms with E-state index >= 15 is 0 Å². The van der Waals surface area contributed by atoms with E-state index in [-0.39, 0.29) is 22.6 Å². The molecule has 0 saturated heterocycles. The summed E-state index contributed by atoms with van der Waals surface area (Å²) in [4.78, 5) is 22.4. The molecule has 0 fully saturated rings. The van der Waals surface area contributed by atoms with Crippen LogP contribution in [0.15, 0.2) is 36.4 Å². The van der Waals surface area contributed by atoms with Crippen LogP contribution in [0.1, 0.15) is 20.7 Å². The molecule has 0 aliphatic heterocycles. The molecule has 0 radical (unpaired) electrons. The van der Waals surface area contributed by atoms with Crippen LogP contribution in [0.5, 0.6) is 11.5 Å². The number of amides is 2. The summed E-state index contributed by atoms with van der Waals surface area (Å²) in [6.07, 6.45) is 0. The summed E-state index contributed by atoms with van der Waals surface area (Å²) in [5, 5.41) is 19.0. The van der Waals surface area contributed by atoms with Crippen molar-refractivity contribution in [3.8, 4) is 22.6 Å². The SMILES string of the molecule is NC(=O)c1cc(-c2ccc(O)c(C(N)=O)c2)ccc1O. The molecule has 0 aliphatic rings. The Bertz CT molecular complexity index is 649. The summed E-state index contributed by atoms with van der Waals surface area (Å²) in [5.41, 5.74) is 11.3. The van der Waals surface area contributed by atoms with Crippen molar-refractivity contribution in [3.63, 3.8) is 0 Å². The van der Waals surface area contributed by atoms with Crippen molar-refractivity contribution in [2.45, 2.75) is 0 Å². The molecule has 0 aliphatic carbocycles. The normalized spacial score (nSPS) is 10.2. The van der Waals surface area contributed by atoms with E-state index in [0.29, 0.717) is 11.1 Å². The molecule has 2 aromatic carbocycles. The second-order valence-electron chi connectivity index (χ2n) is 4.19. The van der Waals surface area contributed by atoms with Crippen LogP contribution >= 0.6 is 0 Å². The first kappa shape index (κ1) is 13.4. The highest BCUT2D eigenvalue weighted by atomic mass is 16.3. The number of hydrogen-bond donors (Lipinski definition) is 4. The fourth-order valence-corrected chi connectivity index (χ4v) is 1.83. The van der Waals surface area contributed by atoms with Crippen LogP contribution in [-0.4, -0.2) is 22.0 Å². The van der Waals surface area contributed by atoms with Gasteiger partial charge in [-0.15, -0.1) is 0 Å². The first-order valence-corrected chi connectivity index (χ1v) is 5.66. The lowest BCUT2D eigenvalue weighted by Gasteiger charge is -2.08. The fraction of sp³-hybridized carbons (Fsp3) is 0. The molecular formula is C14H12N2O4. The van der Waals surface area contributed by atoms with E-state index in [0.717, 1.165) is 0 Å². The standard InChI is InChI=1S/C14H12N2O4/c15-13(19)9-5-7(1-3-11(9)17)8-2-4-12(18)10(6-8)14(16)20/h1-6,17-18H,(H2,15,19)(H2,16,20). The topological polar surface area (TPSA) is 127 Å². The molecule has 0 aromatic heterocycles. The number of aromatic hydroxyl groups is 2. The Hall–Kier alpha value is -3.02. The molecule has 0 bridgehead atoms. The maximum atomic E-state index is 11.2. The zero-order chi connectivity index (χ0) is 14.9. The van der Waals surface area contributed by atoms with E-state index in [9.17, 15) is 19.8 Å². The van der Waals surface area contributed by atoms with Crippen LogP contribution in [-0.2, 0) is 0 Å². The Morgan fingerprint density at radius 2 is 1.10 bits per heavy atom. The monoisotopic (exact) mass is 272 g/mol. The Morgan fingerprint density at radius 1 is 0.750 bits per heavy atom. The van der Waals surface area contributed by atoms with Gasteiger partial charge in [0.25, 0.3) is 11.8 Å². The molecule has 0 spiro atoms. The van der Waals surface area contributed by atoms with Gasteiger partial charge in [-0.2, -0.15) is 0 Å². The molecule has 0 atom stereocenters.